The predicted molar refractivity (Wildman–Crippen MR) is 95.7 cm³/mol. The van der Waals surface area contributed by atoms with E-state index in [2.05, 4.69) is 9.95 Å². The van der Waals surface area contributed by atoms with Crippen LogP contribution in [0.1, 0.15) is 31.7 Å². The van der Waals surface area contributed by atoms with Crippen molar-refractivity contribution in [3.05, 3.63) is 52.8 Å². The van der Waals surface area contributed by atoms with Gasteiger partial charge in [0.2, 0.25) is 0 Å². The molecule has 0 unspecified atom stereocenters. The minimum Gasteiger partial charge on any atom is -0.497 e. The minimum absolute atomic E-state index is 0.501. The summed E-state index contributed by atoms with van der Waals surface area (Å²) in [5.74, 6) is 1.73. The van der Waals surface area contributed by atoms with Gasteiger partial charge in [-0.05, 0) is 37.1 Å². The Labute approximate surface area is 145 Å². The second kappa shape index (κ2) is 6.69. The molecule has 1 aliphatic carbocycles. The van der Waals surface area contributed by atoms with Crippen molar-refractivity contribution in [2.45, 2.75) is 31.7 Å². The van der Waals surface area contributed by atoms with Crippen LogP contribution in [0.5, 0.6) is 5.75 Å². The quantitative estimate of drug-likeness (QED) is 0.657. The molecule has 0 N–H and O–H groups in total. The van der Waals surface area contributed by atoms with Crippen LogP contribution < -0.4 is 9.54 Å². The van der Waals surface area contributed by atoms with Gasteiger partial charge in [0.15, 0.2) is 10.6 Å². The number of methoxy groups -OCH3 is 1. The lowest BCUT2D eigenvalue weighted by Crippen LogP contribution is -2.19. The molecule has 0 amide bonds. The lowest BCUT2D eigenvalue weighted by molar-refractivity contribution is 0.415. The van der Waals surface area contributed by atoms with E-state index in [1.54, 1.807) is 24.7 Å². The van der Waals surface area contributed by atoms with Gasteiger partial charge in [-0.25, -0.2) is 4.99 Å². The largest absolute Gasteiger partial charge is 0.497 e. The number of benzene rings is 1. The highest BCUT2D eigenvalue weighted by atomic mass is 32.1. The zero-order chi connectivity index (χ0) is 16.4. The van der Waals surface area contributed by atoms with Crippen LogP contribution in [0.4, 0.5) is 5.69 Å². The summed E-state index contributed by atoms with van der Waals surface area (Å²) in [6.07, 6.45) is 6.70. The number of hydrogen-bond acceptors (Lipinski definition) is 4. The van der Waals surface area contributed by atoms with Crippen LogP contribution in [0.15, 0.2) is 57.5 Å². The first-order chi connectivity index (χ1) is 11.8. The van der Waals surface area contributed by atoms with Crippen molar-refractivity contribution in [2.24, 2.45) is 4.99 Å². The maximum atomic E-state index is 5.64. The summed E-state index contributed by atoms with van der Waals surface area (Å²) in [4.78, 5) is 5.90. The van der Waals surface area contributed by atoms with Gasteiger partial charge in [-0.1, -0.05) is 18.9 Å². The van der Waals surface area contributed by atoms with E-state index in [1.165, 1.54) is 25.7 Å². The zero-order valence-corrected chi connectivity index (χ0v) is 14.5. The summed E-state index contributed by atoms with van der Waals surface area (Å²) >= 11 is 1.67. The van der Waals surface area contributed by atoms with E-state index in [0.717, 1.165) is 27.7 Å². The highest BCUT2D eigenvalue weighted by Crippen LogP contribution is 2.33. The molecule has 0 spiro atoms. The van der Waals surface area contributed by atoms with E-state index in [4.69, 9.17) is 14.1 Å². The van der Waals surface area contributed by atoms with Crippen molar-refractivity contribution < 1.29 is 9.15 Å². The third-order valence-corrected chi connectivity index (χ3v) is 5.32. The van der Waals surface area contributed by atoms with Gasteiger partial charge in [-0.15, -0.1) is 11.3 Å². The van der Waals surface area contributed by atoms with Gasteiger partial charge in [0, 0.05) is 17.5 Å². The molecule has 124 valence electrons. The lowest BCUT2D eigenvalue weighted by Gasteiger charge is -2.14. The highest BCUT2D eigenvalue weighted by molar-refractivity contribution is 7.07. The number of furan rings is 1. The molecule has 0 saturated heterocycles. The molecule has 4 nitrogen and oxygen atoms in total. The predicted octanol–water partition coefficient (Wildman–Crippen LogP) is 5.17. The molecule has 4 rings (SSSR count). The van der Waals surface area contributed by atoms with Gasteiger partial charge >= 0.3 is 0 Å². The molecular weight excluding hydrogens is 320 g/mol. The first-order valence-electron chi connectivity index (χ1n) is 8.28. The third kappa shape index (κ3) is 2.91. The number of ether oxygens (including phenoxy) is 1. The number of rotatable bonds is 4. The summed E-state index contributed by atoms with van der Waals surface area (Å²) < 4.78 is 13.3. The van der Waals surface area contributed by atoms with E-state index >= 15 is 0 Å². The Hall–Kier alpha value is -2.27. The molecule has 0 aliphatic heterocycles. The summed E-state index contributed by atoms with van der Waals surface area (Å²) in [6, 6.07) is 12.3. The molecule has 1 aliphatic rings. The monoisotopic (exact) mass is 340 g/mol. The summed E-state index contributed by atoms with van der Waals surface area (Å²) in [6.45, 7) is 0. The van der Waals surface area contributed by atoms with Crippen LogP contribution in [0.3, 0.4) is 0 Å². The number of aromatic nitrogens is 1. The van der Waals surface area contributed by atoms with Gasteiger partial charge in [0.1, 0.15) is 5.75 Å². The molecule has 2 heterocycles. The molecule has 24 heavy (non-hydrogen) atoms. The average molecular weight is 340 g/mol. The molecule has 1 aromatic carbocycles. The van der Waals surface area contributed by atoms with Gasteiger partial charge in [-0.3, -0.25) is 0 Å². The van der Waals surface area contributed by atoms with Crippen LogP contribution in [0.2, 0.25) is 0 Å². The van der Waals surface area contributed by atoms with Gasteiger partial charge in [-0.2, -0.15) is 0 Å². The van der Waals surface area contributed by atoms with Gasteiger partial charge in [0.05, 0.1) is 24.8 Å². The van der Waals surface area contributed by atoms with E-state index in [1.807, 2.05) is 36.4 Å². The lowest BCUT2D eigenvalue weighted by atomic mass is 10.2. The average Bonchev–Trinajstić information content (AvgIpc) is 3.35. The van der Waals surface area contributed by atoms with Gasteiger partial charge < -0.3 is 13.7 Å². The fraction of sp³-hybridized carbons (Fsp3) is 0.316. The Morgan fingerprint density at radius 1 is 1.21 bits per heavy atom. The zero-order valence-electron chi connectivity index (χ0n) is 13.6. The molecule has 1 fully saturated rings. The Kier molecular flexibility index (Phi) is 4.26. The normalized spacial score (nSPS) is 16.0. The second-order valence-corrected chi connectivity index (χ2v) is 6.84. The van der Waals surface area contributed by atoms with Crippen LogP contribution in [0, 0.1) is 0 Å². The summed E-state index contributed by atoms with van der Waals surface area (Å²) in [7, 11) is 1.68. The fourth-order valence-corrected chi connectivity index (χ4v) is 4.28. The van der Waals surface area contributed by atoms with Crippen molar-refractivity contribution >= 4 is 17.0 Å². The minimum atomic E-state index is 0.501. The second-order valence-electron chi connectivity index (χ2n) is 6.00. The topological polar surface area (TPSA) is 39.7 Å². The third-order valence-electron chi connectivity index (χ3n) is 4.48. The Balaban J connectivity index is 1.84. The van der Waals surface area contributed by atoms with Crippen molar-refractivity contribution in [1.82, 2.24) is 4.57 Å². The van der Waals surface area contributed by atoms with Crippen molar-refractivity contribution in [1.29, 1.82) is 0 Å². The van der Waals surface area contributed by atoms with Crippen LogP contribution in [0.25, 0.3) is 11.5 Å². The molecule has 3 aromatic rings. The molecule has 1 saturated carbocycles. The smallest absolute Gasteiger partial charge is 0.190 e. The van der Waals surface area contributed by atoms with Crippen LogP contribution >= 0.6 is 11.3 Å². The Morgan fingerprint density at radius 3 is 2.83 bits per heavy atom. The van der Waals surface area contributed by atoms with Crippen molar-refractivity contribution in [3.8, 4) is 17.2 Å². The SMILES string of the molecule is COc1cccc(N=c2scc(-c3ccco3)n2C2CCCC2)c1. The van der Waals surface area contributed by atoms with Crippen molar-refractivity contribution in [3.63, 3.8) is 0 Å². The summed E-state index contributed by atoms with van der Waals surface area (Å²) in [5, 5.41) is 2.15. The Bertz CT molecular complexity index is 871. The standard InChI is InChI=1S/C19H20N2O2S/c1-22-16-9-4-6-14(12-16)20-19-21(15-7-2-3-8-15)17(13-24-19)18-10-5-11-23-18/h4-6,9-13,15H,2-3,7-8H2,1H3. The number of hydrogen-bond donors (Lipinski definition) is 0. The Morgan fingerprint density at radius 2 is 2.08 bits per heavy atom. The number of nitrogens with zero attached hydrogens (tertiary/aromatic N) is 2. The van der Waals surface area contributed by atoms with Crippen LogP contribution in [-0.2, 0) is 0 Å². The molecular formula is C19H20N2O2S. The maximum Gasteiger partial charge on any atom is 0.190 e. The molecule has 0 bridgehead atoms. The van der Waals surface area contributed by atoms with E-state index in [0.29, 0.717) is 6.04 Å². The number of thiazole rings is 1. The molecule has 0 atom stereocenters. The van der Waals surface area contributed by atoms with E-state index < -0.39 is 0 Å². The molecule has 0 radical (unpaired) electrons. The van der Waals surface area contributed by atoms with Gasteiger partial charge in [0.25, 0.3) is 0 Å². The highest BCUT2D eigenvalue weighted by Gasteiger charge is 2.22. The first kappa shape index (κ1) is 15.3. The van der Waals surface area contributed by atoms with Crippen molar-refractivity contribution in [2.75, 3.05) is 7.11 Å². The summed E-state index contributed by atoms with van der Waals surface area (Å²) in [5.41, 5.74) is 2.03. The maximum absolute atomic E-state index is 5.64. The molecule has 2 aromatic heterocycles. The fourth-order valence-electron chi connectivity index (χ4n) is 3.31. The van der Waals surface area contributed by atoms with E-state index in [9.17, 15) is 0 Å². The molecule has 5 heteroatoms. The van der Waals surface area contributed by atoms with E-state index in [-0.39, 0.29) is 0 Å². The first-order valence-corrected chi connectivity index (χ1v) is 9.16. The van der Waals surface area contributed by atoms with Crippen LogP contribution in [-0.4, -0.2) is 11.7 Å².